The number of cyclic esters (lactones) is 1. The van der Waals surface area contributed by atoms with Gasteiger partial charge in [0.25, 0.3) is 0 Å². The number of aliphatic hydroxyl groups is 1. The number of ether oxygens (including phenoxy) is 1. The Labute approximate surface area is 228 Å². The van der Waals surface area contributed by atoms with Gasteiger partial charge in [-0.05, 0) is 51.5 Å². The minimum absolute atomic E-state index is 0.0378. The van der Waals surface area contributed by atoms with Crippen LogP contribution in [0.1, 0.15) is 68.2 Å². The Kier molecular flexibility index (Phi) is 14.0. The van der Waals surface area contributed by atoms with E-state index in [0.717, 1.165) is 23.6 Å². The maximum Gasteiger partial charge on any atom is 0.331 e. The molecule has 0 spiro atoms. The number of carboxylic acids is 1. The summed E-state index contributed by atoms with van der Waals surface area (Å²) in [6, 6.07) is 0. The van der Waals surface area contributed by atoms with Crippen molar-refractivity contribution in [1.82, 2.24) is 0 Å². The van der Waals surface area contributed by atoms with Gasteiger partial charge in [-0.2, -0.15) is 0 Å². The van der Waals surface area contributed by atoms with Crippen LogP contribution >= 0.6 is 0 Å². The number of aliphatic hydroxyl groups excluding tert-OH is 1. The number of allylic oxidation sites excluding steroid dienone is 8. The summed E-state index contributed by atoms with van der Waals surface area (Å²) in [4.78, 5) is 35.2. The second-order valence-electron chi connectivity index (χ2n) is 10.9. The Morgan fingerprint density at radius 3 is 2.32 bits per heavy atom. The summed E-state index contributed by atoms with van der Waals surface area (Å²) in [5, 5.41) is 19.5. The third-order valence-electron chi connectivity index (χ3n) is 6.81. The highest BCUT2D eigenvalue weighted by molar-refractivity contribution is 5.85. The summed E-state index contributed by atoms with van der Waals surface area (Å²) in [6.07, 6.45) is 16.8. The van der Waals surface area contributed by atoms with Crippen LogP contribution in [0.15, 0.2) is 71.4 Å². The third-order valence-corrected chi connectivity index (χ3v) is 6.81. The van der Waals surface area contributed by atoms with E-state index in [1.807, 2.05) is 65.0 Å². The molecule has 210 valence electrons. The number of carbonyl (C=O) groups excluding carboxylic acids is 2. The minimum atomic E-state index is -1.01. The molecule has 0 saturated carbocycles. The largest absolute Gasteiger partial charge is 0.478 e. The maximum atomic E-state index is 12.9. The first-order valence-corrected chi connectivity index (χ1v) is 13.4. The molecular formula is C32H46O6. The van der Waals surface area contributed by atoms with Crippen LogP contribution in [0.25, 0.3) is 0 Å². The molecule has 1 aliphatic rings. The topological polar surface area (TPSA) is 101 Å². The van der Waals surface area contributed by atoms with Crippen molar-refractivity contribution in [2.24, 2.45) is 29.6 Å². The van der Waals surface area contributed by atoms with E-state index >= 15 is 0 Å². The fourth-order valence-electron chi connectivity index (χ4n) is 4.63. The van der Waals surface area contributed by atoms with Gasteiger partial charge >= 0.3 is 11.9 Å². The summed E-state index contributed by atoms with van der Waals surface area (Å²) < 4.78 is 5.34. The van der Waals surface area contributed by atoms with Crippen molar-refractivity contribution in [1.29, 1.82) is 0 Å². The van der Waals surface area contributed by atoms with Gasteiger partial charge in [0.05, 0.1) is 6.10 Å². The molecule has 0 amide bonds. The van der Waals surface area contributed by atoms with Gasteiger partial charge in [0, 0.05) is 29.9 Å². The Balaban J connectivity index is 2.63. The van der Waals surface area contributed by atoms with Crippen LogP contribution in [-0.2, 0) is 19.1 Å². The maximum absolute atomic E-state index is 12.9. The summed E-state index contributed by atoms with van der Waals surface area (Å²) in [7, 11) is 0. The van der Waals surface area contributed by atoms with E-state index < -0.39 is 18.0 Å². The van der Waals surface area contributed by atoms with Crippen LogP contribution in [0.4, 0.5) is 0 Å². The van der Waals surface area contributed by atoms with Crippen molar-refractivity contribution in [3.8, 4) is 0 Å². The molecule has 0 aromatic carbocycles. The van der Waals surface area contributed by atoms with Gasteiger partial charge in [-0.15, -0.1) is 0 Å². The van der Waals surface area contributed by atoms with Crippen molar-refractivity contribution in [2.45, 2.75) is 80.4 Å². The van der Waals surface area contributed by atoms with Crippen LogP contribution in [-0.4, -0.2) is 40.1 Å². The summed E-state index contributed by atoms with van der Waals surface area (Å²) in [5.41, 5.74) is 2.75. The fraction of sp³-hybridized carbons (Fsp3) is 0.531. The van der Waals surface area contributed by atoms with Crippen molar-refractivity contribution in [2.75, 3.05) is 0 Å². The van der Waals surface area contributed by atoms with Crippen molar-refractivity contribution >= 4 is 17.7 Å². The van der Waals surface area contributed by atoms with Crippen LogP contribution < -0.4 is 0 Å². The average Bonchev–Trinajstić information content (AvgIpc) is 2.82. The van der Waals surface area contributed by atoms with Crippen LogP contribution in [0.5, 0.6) is 0 Å². The van der Waals surface area contributed by atoms with Gasteiger partial charge in [0.2, 0.25) is 0 Å². The van der Waals surface area contributed by atoms with Crippen molar-refractivity contribution < 1.29 is 29.3 Å². The molecule has 0 radical (unpaired) electrons. The van der Waals surface area contributed by atoms with Crippen LogP contribution in [0, 0.1) is 29.6 Å². The van der Waals surface area contributed by atoms with E-state index in [1.165, 1.54) is 6.08 Å². The minimum Gasteiger partial charge on any atom is -0.478 e. The summed E-state index contributed by atoms with van der Waals surface area (Å²) in [6.45, 7) is 15.3. The van der Waals surface area contributed by atoms with E-state index in [-0.39, 0.29) is 35.6 Å². The first kappa shape index (κ1) is 33.0. The number of Topliss-reactive ketones (excluding diaryl/α,β-unsaturated/α-hetero) is 1. The van der Waals surface area contributed by atoms with Crippen molar-refractivity contribution in [3.63, 3.8) is 0 Å². The molecule has 0 aliphatic carbocycles. The number of hydrogen-bond acceptors (Lipinski definition) is 5. The van der Waals surface area contributed by atoms with E-state index in [0.29, 0.717) is 17.9 Å². The molecule has 38 heavy (non-hydrogen) atoms. The summed E-state index contributed by atoms with van der Waals surface area (Å²) in [5.74, 6) is -2.02. The molecule has 1 aliphatic heterocycles. The number of carbonyl (C=O) groups is 3. The molecule has 2 N–H and O–H groups in total. The van der Waals surface area contributed by atoms with Gasteiger partial charge in [0.15, 0.2) is 0 Å². The monoisotopic (exact) mass is 526 g/mol. The van der Waals surface area contributed by atoms with Gasteiger partial charge in [0.1, 0.15) is 11.9 Å². The lowest BCUT2D eigenvalue weighted by atomic mass is 9.83. The van der Waals surface area contributed by atoms with E-state index in [9.17, 15) is 19.5 Å². The van der Waals surface area contributed by atoms with Gasteiger partial charge in [-0.1, -0.05) is 87.8 Å². The second-order valence-corrected chi connectivity index (χ2v) is 10.9. The molecular weight excluding hydrogens is 480 g/mol. The van der Waals surface area contributed by atoms with Crippen LogP contribution in [0.3, 0.4) is 0 Å². The highest BCUT2D eigenvalue weighted by atomic mass is 16.5. The molecule has 0 aromatic rings. The van der Waals surface area contributed by atoms with Crippen LogP contribution in [0.2, 0.25) is 0 Å². The SMILES string of the molecule is CC(=C/[C@H](C)C/C=C/C(C)=C/[C@H](C)C(=O)[C@H](C)[C@H](O)[C@H](C)C/C(C)=C/C(=O)O)/C=C/[C@@H]1OC(=O)C=C[C@@H]1C. The van der Waals surface area contributed by atoms with E-state index in [1.54, 1.807) is 13.8 Å². The molecule has 0 saturated heterocycles. The quantitative estimate of drug-likeness (QED) is 0.154. The standard InChI is InChI=1S/C32H46O6/c1-20(16-22(3)12-14-28-24(5)13-15-30(35)38-28)10-9-11-21(2)17-25(6)31(36)27(8)32(37)26(7)18-23(4)19-29(33)34/h9,11-17,19-20,24-28,32,37H,10,18H2,1-8H3,(H,33,34)/b11-9+,14-12+,21-17+,22-16-,23-19+/t20-,24+,25+,26-,27+,28+,32-/m1/s1. The summed E-state index contributed by atoms with van der Waals surface area (Å²) >= 11 is 0. The van der Waals surface area contributed by atoms with E-state index in [2.05, 4.69) is 19.1 Å². The molecule has 6 nitrogen and oxygen atoms in total. The zero-order valence-corrected chi connectivity index (χ0v) is 24.2. The number of esters is 1. The van der Waals surface area contributed by atoms with Gasteiger partial charge in [-0.25, -0.2) is 9.59 Å². The Bertz CT molecular complexity index is 1010. The number of aliphatic carboxylic acids is 1. The van der Waals surface area contributed by atoms with Crippen molar-refractivity contribution in [3.05, 3.63) is 71.4 Å². The lowest BCUT2D eigenvalue weighted by Crippen LogP contribution is -2.34. The first-order valence-electron chi connectivity index (χ1n) is 13.4. The first-order chi connectivity index (χ1) is 17.7. The molecule has 0 fully saturated rings. The number of rotatable bonds is 14. The Morgan fingerprint density at radius 1 is 1.05 bits per heavy atom. The number of hydrogen-bond donors (Lipinski definition) is 2. The molecule has 0 bridgehead atoms. The Hall–Kier alpha value is -2.99. The number of carboxylic acid groups (broad SMARTS) is 1. The number of ketones is 1. The predicted octanol–water partition coefficient (Wildman–Crippen LogP) is 6.39. The highest BCUT2D eigenvalue weighted by Crippen LogP contribution is 2.24. The smallest absolute Gasteiger partial charge is 0.331 e. The zero-order valence-electron chi connectivity index (χ0n) is 24.2. The normalized spacial score (nSPS) is 23.3. The molecule has 7 atom stereocenters. The van der Waals surface area contributed by atoms with E-state index in [4.69, 9.17) is 9.84 Å². The zero-order chi connectivity index (χ0) is 29.0. The fourth-order valence-corrected chi connectivity index (χ4v) is 4.63. The Morgan fingerprint density at radius 2 is 1.68 bits per heavy atom. The third kappa shape index (κ3) is 12.0. The second kappa shape index (κ2) is 16.1. The van der Waals surface area contributed by atoms with Gasteiger partial charge in [-0.3, -0.25) is 4.79 Å². The lowest BCUT2D eigenvalue weighted by molar-refractivity contribution is -0.143. The molecule has 6 heteroatoms. The molecule has 1 heterocycles. The van der Waals surface area contributed by atoms with Gasteiger partial charge < -0.3 is 14.9 Å². The molecule has 1 rings (SSSR count). The highest BCUT2D eigenvalue weighted by Gasteiger charge is 2.29. The lowest BCUT2D eigenvalue weighted by Gasteiger charge is -2.25. The average molecular weight is 527 g/mol. The molecule has 0 unspecified atom stereocenters. The molecule has 0 aromatic heterocycles. The predicted molar refractivity (Wildman–Crippen MR) is 152 cm³/mol.